The van der Waals surface area contributed by atoms with Crippen molar-refractivity contribution in [3.05, 3.63) is 65.5 Å². The third kappa shape index (κ3) is 8.61. The highest BCUT2D eigenvalue weighted by atomic mass is 32.1. The van der Waals surface area contributed by atoms with Crippen LogP contribution in [0.3, 0.4) is 0 Å². The average molecular weight is 386 g/mol. The van der Waals surface area contributed by atoms with Crippen molar-refractivity contribution in [1.29, 1.82) is 0 Å². The molecule has 7 heteroatoms. The van der Waals surface area contributed by atoms with Crippen molar-refractivity contribution < 1.29 is 4.74 Å². The first-order valence-electron chi connectivity index (χ1n) is 9.02. The molecule has 1 heterocycles. The van der Waals surface area contributed by atoms with E-state index in [-0.39, 0.29) is 5.96 Å². The van der Waals surface area contributed by atoms with Gasteiger partial charge in [0.25, 0.3) is 0 Å². The van der Waals surface area contributed by atoms with Crippen LogP contribution in [0, 0.1) is 6.92 Å². The molecule has 0 atom stereocenters. The van der Waals surface area contributed by atoms with Gasteiger partial charge in [-0.25, -0.2) is 0 Å². The van der Waals surface area contributed by atoms with Gasteiger partial charge in [0.2, 0.25) is 0 Å². The average Bonchev–Trinajstić information content (AvgIpc) is 2.67. The zero-order chi connectivity index (χ0) is 19.3. The Labute approximate surface area is 166 Å². The van der Waals surface area contributed by atoms with E-state index in [9.17, 15) is 0 Å². The van der Waals surface area contributed by atoms with Crippen LogP contribution in [0.4, 0.5) is 0 Å². The summed E-state index contributed by atoms with van der Waals surface area (Å²) in [7, 11) is 0. The molecule has 0 spiro atoms. The van der Waals surface area contributed by atoms with Gasteiger partial charge in [-0.05, 0) is 42.8 Å². The van der Waals surface area contributed by atoms with Crippen LogP contribution in [0.2, 0.25) is 0 Å². The Balaban J connectivity index is 1.55. The molecule has 0 aliphatic rings. The van der Waals surface area contributed by atoms with Gasteiger partial charge in [-0.2, -0.15) is 0 Å². The summed E-state index contributed by atoms with van der Waals surface area (Å²) >= 11 is 5.22. The lowest BCUT2D eigenvalue weighted by Gasteiger charge is -2.10. The summed E-state index contributed by atoms with van der Waals surface area (Å²) in [6, 6.07) is 14.2. The second-order valence-corrected chi connectivity index (χ2v) is 6.42. The van der Waals surface area contributed by atoms with Crippen molar-refractivity contribution >= 4 is 23.3 Å². The smallest absolute Gasteiger partial charge is 0.194 e. The second-order valence-electron chi connectivity index (χ2n) is 6.01. The molecule has 6 nitrogen and oxygen atoms in total. The molecule has 0 aliphatic carbocycles. The number of guanidine groups is 1. The van der Waals surface area contributed by atoms with E-state index < -0.39 is 0 Å². The fourth-order valence-corrected chi connectivity index (χ4v) is 2.65. The van der Waals surface area contributed by atoms with Crippen molar-refractivity contribution in [1.82, 2.24) is 15.6 Å². The standard InChI is InChI=1S/C20H27N5OS/c1-16-6-5-11-22-18(16)9-12-24-20(27)25-19(21)23-13-15-26-14-10-17-7-3-2-4-8-17/h2-8,11H,9-10,12-15H2,1H3,(H4,21,23,24,25,27). The zero-order valence-electron chi connectivity index (χ0n) is 15.6. The first-order valence-corrected chi connectivity index (χ1v) is 9.43. The summed E-state index contributed by atoms with van der Waals surface area (Å²) in [6.07, 6.45) is 3.48. The van der Waals surface area contributed by atoms with Crippen LogP contribution in [0.15, 0.2) is 53.7 Å². The summed E-state index contributed by atoms with van der Waals surface area (Å²) < 4.78 is 5.57. The number of rotatable bonds is 9. The van der Waals surface area contributed by atoms with E-state index in [1.807, 2.05) is 37.3 Å². The normalized spacial score (nSPS) is 11.2. The first-order chi connectivity index (χ1) is 13.1. The maximum absolute atomic E-state index is 5.83. The Morgan fingerprint density at radius 1 is 1.15 bits per heavy atom. The quantitative estimate of drug-likeness (QED) is 0.265. The van der Waals surface area contributed by atoms with Gasteiger partial charge < -0.3 is 21.1 Å². The number of thiocarbonyl (C=S) groups is 1. The molecule has 0 unspecified atom stereocenters. The number of hydrogen-bond donors (Lipinski definition) is 3. The second kappa shape index (κ2) is 12.0. The number of aryl methyl sites for hydroxylation is 1. The van der Waals surface area contributed by atoms with Gasteiger partial charge >= 0.3 is 0 Å². The maximum atomic E-state index is 5.83. The molecule has 144 valence electrons. The van der Waals surface area contributed by atoms with E-state index in [0.717, 1.165) is 18.5 Å². The minimum Gasteiger partial charge on any atom is -0.379 e. The molecule has 27 heavy (non-hydrogen) atoms. The number of nitrogens with two attached hydrogens (primary N) is 1. The van der Waals surface area contributed by atoms with Gasteiger partial charge in [-0.3, -0.25) is 9.98 Å². The number of ether oxygens (including phenoxy) is 1. The van der Waals surface area contributed by atoms with Crippen LogP contribution in [-0.4, -0.2) is 42.4 Å². The van der Waals surface area contributed by atoms with Crippen molar-refractivity contribution in [3.8, 4) is 0 Å². The number of nitrogens with zero attached hydrogens (tertiary/aromatic N) is 2. The predicted octanol–water partition coefficient (Wildman–Crippen LogP) is 1.97. The predicted molar refractivity (Wildman–Crippen MR) is 114 cm³/mol. The Kier molecular flexibility index (Phi) is 9.23. The summed E-state index contributed by atoms with van der Waals surface area (Å²) in [4.78, 5) is 8.56. The summed E-state index contributed by atoms with van der Waals surface area (Å²) in [5.41, 5.74) is 9.32. The van der Waals surface area contributed by atoms with Crippen LogP contribution < -0.4 is 16.4 Å². The molecule has 1 aromatic heterocycles. The Bertz CT molecular complexity index is 736. The maximum Gasteiger partial charge on any atom is 0.194 e. The fraction of sp³-hybridized carbons (Fsp3) is 0.350. The monoisotopic (exact) mass is 385 g/mol. The van der Waals surface area contributed by atoms with Crippen LogP contribution in [0.5, 0.6) is 0 Å². The number of pyridine rings is 1. The van der Waals surface area contributed by atoms with Crippen molar-refractivity contribution in [2.75, 3.05) is 26.3 Å². The Hall–Kier alpha value is -2.51. The largest absolute Gasteiger partial charge is 0.379 e. The lowest BCUT2D eigenvalue weighted by molar-refractivity contribution is 0.145. The van der Waals surface area contributed by atoms with Crippen LogP contribution >= 0.6 is 12.2 Å². The fourth-order valence-electron chi connectivity index (χ4n) is 2.44. The van der Waals surface area contributed by atoms with E-state index in [0.29, 0.717) is 31.4 Å². The molecule has 0 radical (unpaired) electrons. The molecule has 0 aliphatic heterocycles. The van der Waals surface area contributed by atoms with Crippen LogP contribution in [0.1, 0.15) is 16.8 Å². The Morgan fingerprint density at radius 3 is 2.74 bits per heavy atom. The molecule has 0 fully saturated rings. The number of hydrogen-bond acceptors (Lipinski definition) is 4. The lowest BCUT2D eigenvalue weighted by atomic mass is 10.2. The number of benzene rings is 1. The Morgan fingerprint density at radius 2 is 1.96 bits per heavy atom. The number of aromatic nitrogens is 1. The van der Waals surface area contributed by atoms with Gasteiger partial charge in [0, 0.05) is 24.9 Å². The molecule has 4 N–H and O–H groups in total. The van der Waals surface area contributed by atoms with E-state index in [1.165, 1.54) is 11.1 Å². The zero-order valence-corrected chi connectivity index (χ0v) is 16.5. The topological polar surface area (TPSA) is 84.6 Å². The first kappa shape index (κ1) is 20.8. The molecule has 0 saturated carbocycles. The van der Waals surface area contributed by atoms with E-state index >= 15 is 0 Å². The molecular weight excluding hydrogens is 358 g/mol. The molecular formula is C20H27N5OS. The van der Waals surface area contributed by atoms with E-state index in [1.54, 1.807) is 6.20 Å². The van der Waals surface area contributed by atoms with Gasteiger partial charge in [0.1, 0.15) is 0 Å². The van der Waals surface area contributed by atoms with Gasteiger partial charge in [0.05, 0.1) is 19.8 Å². The number of nitrogens with one attached hydrogen (secondary N) is 2. The van der Waals surface area contributed by atoms with Gasteiger partial charge in [0.15, 0.2) is 11.1 Å². The summed E-state index contributed by atoms with van der Waals surface area (Å²) in [5, 5.41) is 6.43. The van der Waals surface area contributed by atoms with Crippen molar-refractivity contribution in [2.24, 2.45) is 10.7 Å². The SMILES string of the molecule is Cc1cccnc1CCNC(=S)NC(N)=NCCOCCc1ccccc1. The molecule has 0 saturated heterocycles. The molecule has 0 bridgehead atoms. The summed E-state index contributed by atoms with van der Waals surface area (Å²) in [5.74, 6) is 0.285. The van der Waals surface area contributed by atoms with E-state index in [2.05, 4.69) is 32.7 Å². The van der Waals surface area contributed by atoms with E-state index in [4.69, 9.17) is 22.7 Å². The lowest BCUT2D eigenvalue weighted by Crippen LogP contribution is -2.44. The van der Waals surface area contributed by atoms with Gasteiger partial charge in [-0.1, -0.05) is 36.4 Å². The molecule has 2 aromatic rings. The highest BCUT2D eigenvalue weighted by Crippen LogP contribution is 2.02. The molecule has 0 amide bonds. The highest BCUT2D eigenvalue weighted by Gasteiger charge is 2.01. The number of aliphatic imine (C=N–C) groups is 1. The van der Waals surface area contributed by atoms with Gasteiger partial charge in [-0.15, -0.1) is 0 Å². The third-order valence-electron chi connectivity index (χ3n) is 3.90. The van der Waals surface area contributed by atoms with Crippen molar-refractivity contribution in [3.63, 3.8) is 0 Å². The minimum atomic E-state index is 0.285. The van der Waals surface area contributed by atoms with Crippen LogP contribution in [-0.2, 0) is 17.6 Å². The molecule has 1 aromatic carbocycles. The highest BCUT2D eigenvalue weighted by molar-refractivity contribution is 7.80. The van der Waals surface area contributed by atoms with Crippen LogP contribution in [0.25, 0.3) is 0 Å². The van der Waals surface area contributed by atoms with Crippen molar-refractivity contribution in [2.45, 2.75) is 19.8 Å². The molecule has 2 rings (SSSR count). The third-order valence-corrected chi connectivity index (χ3v) is 4.15. The minimum absolute atomic E-state index is 0.285. The summed E-state index contributed by atoms with van der Waals surface area (Å²) in [6.45, 7) is 4.41.